The molecule has 1 atom stereocenters. The third kappa shape index (κ3) is 3.40. The van der Waals surface area contributed by atoms with Gasteiger partial charge in [-0.1, -0.05) is 30.3 Å². The minimum absolute atomic E-state index is 0.126. The molecule has 2 amide bonds. The molecule has 2 N–H and O–H groups in total. The summed E-state index contributed by atoms with van der Waals surface area (Å²) in [6, 6.07) is 15.8. The van der Waals surface area contributed by atoms with E-state index in [0.29, 0.717) is 17.7 Å². The van der Waals surface area contributed by atoms with Crippen molar-refractivity contribution >= 4 is 23.2 Å². The average molecular weight is 310 g/mol. The van der Waals surface area contributed by atoms with Crippen molar-refractivity contribution in [3.63, 3.8) is 0 Å². The van der Waals surface area contributed by atoms with Gasteiger partial charge in [0.15, 0.2) is 6.10 Å². The van der Waals surface area contributed by atoms with Crippen LogP contribution in [0.2, 0.25) is 0 Å². The lowest BCUT2D eigenvalue weighted by Crippen LogP contribution is -2.24. The fraction of sp³-hybridized carbons (Fsp3) is 0.222. The van der Waals surface area contributed by atoms with E-state index in [9.17, 15) is 14.7 Å². The molecule has 0 bridgehead atoms. The lowest BCUT2D eigenvalue weighted by Gasteiger charge is -2.16. The van der Waals surface area contributed by atoms with Crippen LogP contribution in [0.15, 0.2) is 54.6 Å². The van der Waals surface area contributed by atoms with Crippen LogP contribution in [-0.2, 0) is 9.59 Å². The highest BCUT2D eigenvalue weighted by Crippen LogP contribution is 2.23. The Hall–Kier alpha value is -2.66. The highest BCUT2D eigenvalue weighted by Gasteiger charge is 2.22. The van der Waals surface area contributed by atoms with E-state index in [0.717, 1.165) is 18.7 Å². The Balaban J connectivity index is 1.66. The van der Waals surface area contributed by atoms with Gasteiger partial charge in [0.25, 0.3) is 5.91 Å². The van der Waals surface area contributed by atoms with Gasteiger partial charge in [-0.25, -0.2) is 0 Å². The highest BCUT2D eigenvalue weighted by molar-refractivity contribution is 5.97. The Morgan fingerprint density at radius 2 is 1.78 bits per heavy atom. The van der Waals surface area contributed by atoms with E-state index in [1.807, 2.05) is 6.07 Å². The van der Waals surface area contributed by atoms with E-state index in [-0.39, 0.29) is 5.91 Å². The van der Waals surface area contributed by atoms with Gasteiger partial charge in [-0.15, -0.1) is 0 Å². The largest absolute Gasteiger partial charge is 0.378 e. The predicted octanol–water partition coefficient (Wildman–Crippen LogP) is 2.49. The van der Waals surface area contributed by atoms with Crippen molar-refractivity contribution in [2.75, 3.05) is 16.8 Å². The van der Waals surface area contributed by atoms with Crippen LogP contribution in [0.4, 0.5) is 11.4 Å². The molecule has 5 nitrogen and oxygen atoms in total. The molecular weight excluding hydrogens is 292 g/mol. The molecule has 5 heteroatoms. The highest BCUT2D eigenvalue weighted by atomic mass is 16.3. The first-order chi connectivity index (χ1) is 11.1. The van der Waals surface area contributed by atoms with Gasteiger partial charge in [0.1, 0.15) is 0 Å². The molecule has 0 aromatic heterocycles. The maximum atomic E-state index is 12.1. The van der Waals surface area contributed by atoms with Crippen LogP contribution in [0.25, 0.3) is 0 Å². The molecule has 23 heavy (non-hydrogen) atoms. The van der Waals surface area contributed by atoms with E-state index < -0.39 is 12.0 Å². The number of aliphatic hydroxyl groups excluding tert-OH is 1. The Bertz CT molecular complexity index is 698. The number of amides is 2. The molecule has 2 aromatic rings. The van der Waals surface area contributed by atoms with Gasteiger partial charge in [0, 0.05) is 24.3 Å². The summed E-state index contributed by atoms with van der Waals surface area (Å²) in [5.41, 5.74) is 1.96. The molecule has 1 fully saturated rings. The molecule has 3 rings (SSSR count). The quantitative estimate of drug-likeness (QED) is 0.911. The second kappa shape index (κ2) is 6.62. The van der Waals surface area contributed by atoms with Gasteiger partial charge in [0.05, 0.1) is 0 Å². The number of anilines is 2. The SMILES string of the molecule is O=C(Nc1ccc(N2CCCC2=O)cc1)C(O)c1ccccc1. The second-order valence-corrected chi connectivity index (χ2v) is 5.50. The van der Waals surface area contributed by atoms with Crippen molar-refractivity contribution in [2.45, 2.75) is 18.9 Å². The third-order valence-corrected chi connectivity index (χ3v) is 3.88. The molecule has 1 aliphatic rings. The minimum atomic E-state index is -1.21. The van der Waals surface area contributed by atoms with Crippen molar-refractivity contribution < 1.29 is 14.7 Å². The number of aliphatic hydroxyl groups is 1. The standard InChI is InChI=1S/C18H18N2O3/c21-16-7-4-12-20(16)15-10-8-14(9-11-15)19-18(23)17(22)13-5-2-1-3-6-13/h1-3,5-6,8-11,17,22H,4,7,12H2,(H,19,23). The summed E-state index contributed by atoms with van der Waals surface area (Å²) >= 11 is 0. The van der Waals surface area contributed by atoms with Crippen LogP contribution >= 0.6 is 0 Å². The number of nitrogens with one attached hydrogen (secondary N) is 1. The number of nitrogens with zero attached hydrogens (tertiary/aromatic N) is 1. The monoisotopic (exact) mass is 310 g/mol. The summed E-state index contributed by atoms with van der Waals surface area (Å²) in [4.78, 5) is 25.5. The van der Waals surface area contributed by atoms with Crippen molar-refractivity contribution in [3.05, 3.63) is 60.2 Å². The fourth-order valence-electron chi connectivity index (χ4n) is 2.64. The van der Waals surface area contributed by atoms with E-state index in [2.05, 4.69) is 5.32 Å². The number of carbonyl (C=O) groups excluding carboxylic acids is 2. The van der Waals surface area contributed by atoms with E-state index in [4.69, 9.17) is 0 Å². The van der Waals surface area contributed by atoms with Gasteiger partial charge >= 0.3 is 0 Å². The van der Waals surface area contributed by atoms with Crippen LogP contribution in [-0.4, -0.2) is 23.5 Å². The van der Waals surface area contributed by atoms with Crippen molar-refractivity contribution in [1.82, 2.24) is 0 Å². The maximum Gasteiger partial charge on any atom is 0.257 e. The van der Waals surface area contributed by atoms with Gasteiger partial charge < -0.3 is 15.3 Å². The summed E-state index contributed by atoms with van der Waals surface area (Å²) in [7, 11) is 0. The van der Waals surface area contributed by atoms with Crippen molar-refractivity contribution in [1.29, 1.82) is 0 Å². The number of hydrogen-bond acceptors (Lipinski definition) is 3. The molecule has 2 aromatic carbocycles. The first kappa shape index (κ1) is 15.2. The molecule has 0 saturated carbocycles. The van der Waals surface area contributed by atoms with Gasteiger partial charge in [-0.2, -0.15) is 0 Å². The Kier molecular flexibility index (Phi) is 4.39. The molecule has 0 spiro atoms. The van der Waals surface area contributed by atoms with E-state index in [1.54, 1.807) is 53.4 Å². The van der Waals surface area contributed by atoms with Crippen LogP contribution in [0.1, 0.15) is 24.5 Å². The topological polar surface area (TPSA) is 69.6 Å². The molecular formula is C18H18N2O3. The van der Waals surface area contributed by atoms with Crippen molar-refractivity contribution in [2.24, 2.45) is 0 Å². The molecule has 1 aliphatic heterocycles. The third-order valence-electron chi connectivity index (χ3n) is 3.88. The van der Waals surface area contributed by atoms with Crippen LogP contribution in [0.3, 0.4) is 0 Å². The Morgan fingerprint density at radius 1 is 1.09 bits per heavy atom. The molecule has 1 saturated heterocycles. The van der Waals surface area contributed by atoms with Crippen LogP contribution < -0.4 is 10.2 Å². The summed E-state index contributed by atoms with van der Waals surface area (Å²) in [6.07, 6.45) is 0.249. The van der Waals surface area contributed by atoms with E-state index in [1.165, 1.54) is 0 Å². The lowest BCUT2D eigenvalue weighted by atomic mass is 10.1. The minimum Gasteiger partial charge on any atom is -0.378 e. The Labute approximate surface area is 134 Å². The predicted molar refractivity (Wildman–Crippen MR) is 88.1 cm³/mol. The maximum absolute atomic E-state index is 12.1. The normalized spacial score (nSPS) is 15.5. The van der Waals surface area contributed by atoms with Gasteiger partial charge in [-0.3, -0.25) is 9.59 Å². The summed E-state index contributed by atoms with van der Waals surface area (Å²) in [6.45, 7) is 0.733. The van der Waals surface area contributed by atoms with Crippen molar-refractivity contribution in [3.8, 4) is 0 Å². The first-order valence-electron chi connectivity index (χ1n) is 7.59. The summed E-state index contributed by atoms with van der Waals surface area (Å²) in [5, 5.41) is 12.7. The molecule has 0 radical (unpaired) electrons. The number of hydrogen-bond donors (Lipinski definition) is 2. The van der Waals surface area contributed by atoms with E-state index >= 15 is 0 Å². The zero-order valence-corrected chi connectivity index (χ0v) is 12.6. The second-order valence-electron chi connectivity index (χ2n) is 5.50. The van der Waals surface area contributed by atoms with Gasteiger partial charge in [0.2, 0.25) is 5.91 Å². The Morgan fingerprint density at radius 3 is 2.39 bits per heavy atom. The first-order valence-corrected chi connectivity index (χ1v) is 7.59. The lowest BCUT2D eigenvalue weighted by molar-refractivity contribution is -0.124. The van der Waals surface area contributed by atoms with Crippen LogP contribution in [0, 0.1) is 0 Å². The number of benzene rings is 2. The number of rotatable bonds is 4. The zero-order valence-electron chi connectivity index (χ0n) is 12.6. The molecule has 1 heterocycles. The smallest absolute Gasteiger partial charge is 0.257 e. The van der Waals surface area contributed by atoms with Crippen LogP contribution in [0.5, 0.6) is 0 Å². The van der Waals surface area contributed by atoms with Gasteiger partial charge in [-0.05, 0) is 36.2 Å². The molecule has 118 valence electrons. The summed E-state index contributed by atoms with van der Waals surface area (Å²) in [5.74, 6) is -0.359. The molecule has 0 aliphatic carbocycles. The molecule has 1 unspecified atom stereocenters. The number of carbonyl (C=O) groups is 2. The fourth-order valence-corrected chi connectivity index (χ4v) is 2.64. The average Bonchev–Trinajstić information content (AvgIpc) is 3.01. The zero-order chi connectivity index (χ0) is 16.2. The summed E-state index contributed by atoms with van der Waals surface area (Å²) < 4.78 is 0.